The summed E-state index contributed by atoms with van der Waals surface area (Å²) in [4.78, 5) is 5.87. The first-order valence-corrected chi connectivity index (χ1v) is 9.51. The molecular weight excluding hydrogens is 300 g/mol. The number of hydrogen-bond donors (Lipinski definition) is 1. The van der Waals surface area contributed by atoms with Gasteiger partial charge in [0, 0.05) is 42.2 Å². The van der Waals surface area contributed by atoms with Crippen molar-refractivity contribution in [3.8, 4) is 5.75 Å². The molecule has 0 saturated carbocycles. The molecule has 2 aliphatic rings. The molecule has 22 heavy (non-hydrogen) atoms. The fourth-order valence-electron chi connectivity index (χ4n) is 3.36. The minimum absolute atomic E-state index is 0.137. The Morgan fingerprint density at radius 1 is 1.23 bits per heavy atom. The number of ether oxygens (including phenoxy) is 1. The van der Waals surface area contributed by atoms with Gasteiger partial charge in [0.2, 0.25) is 0 Å². The molecule has 1 N–H and O–H groups in total. The summed E-state index contributed by atoms with van der Waals surface area (Å²) in [6.07, 6.45) is 1.91. The van der Waals surface area contributed by atoms with Gasteiger partial charge in [-0.2, -0.15) is 0 Å². The molecule has 3 heterocycles. The lowest BCUT2D eigenvalue weighted by molar-refractivity contribution is 0.230. The first-order valence-electron chi connectivity index (χ1n) is 7.69. The molecule has 1 saturated heterocycles. The number of nitrogens with zero attached hydrogens (tertiary/aromatic N) is 1. The molecule has 118 valence electrons. The average Bonchev–Trinajstić information content (AvgIpc) is 2.67. The number of fused-ring (bicyclic) bond motifs is 3. The van der Waals surface area contributed by atoms with Crippen LogP contribution in [-0.4, -0.2) is 56.0 Å². The van der Waals surface area contributed by atoms with Crippen LogP contribution in [0.3, 0.4) is 0 Å². The van der Waals surface area contributed by atoms with Gasteiger partial charge in [0.15, 0.2) is 9.84 Å². The highest BCUT2D eigenvalue weighted by Crippen LogP contribution is 2.29. The molecule has 0 atom stereocenters. The number of aromatic amines is 1. The minimum Gasteiger partial charge on any atom is -0.488 e. The summed E-state index contributed by atoms with van der Waals surface area (Å²) in [6.45, 7) is 2.15. The number of nitrogens with one attached hydrogen (secondary N) is 1. The Kier molecular flexibility index (Phi) is 3.20. The predicted octanol–water partition coefficient (Wildman–Crippen LogP) is 1.37. The molecule has 0 aliphatic carbocycles. The monoisotopic (exact) mass is 320 g/mol. The van der Waals surface area contributed by atoms with Gasteiger partial charge in [-0.25, -0.2) is 8.42 Å². The van der Waals surface area contributed by atoms with Crippen LogP contribution in [0.5, 0.6) is 5.75 Å². The van der Waals surface area contributed by atoms with E-state index in [1.807, 2.05) is 12.1 Å². The van der Waals surface area contributed by atoms with E-state index in [4.69, 9.17) is 4.74 Å². The topological polar surface area (TPSA) is 62.4 Å². The third-order valence-electron chi connectivity index (χ3n) is 4.64. The van der Waals surface area contributed by atoms with E-state index in [2.05, 4.69) is 23.0 Å². The van der Waals surface area contributed by atoms with E-state index in [-0.39, 0.29) is 17.6 Å². The van der Waals surface area contributed by atoms with Crippen LogP contribution in [0.1, 0.15) is 11.3 Å². The molecule has 1 fully saturated rings. The van der Waals surface area contributed by atoms with Crippen molar-refractivity contribution >= 4 is 20.7 Å². The standard InChI is InChI=1S/C16H20N2O3S/c1-18-6-4-14-13-3-2-11(21-12-9-22(19,20)10-12)8-16(13)17-15(14)5-7-18/h2-3,8,12,17H,4-7,9-10H2,1H3. The van der Waals surface area contributed by atoms with Crippen molar-refractivity contribution < 1.29 is 13.2 Å². The number of likely N-dealkylation sites (N-methyl/N-ethyl adjacent to an activating group) is 1. The molecule has 0 radical (unpaired) electrons. The molecular formula is C16H20N2O3S. The third kappa shape index (κ3) is 2.50. The quantitative estimate of drug-likeness (QED) is 0.908. The maximum Gasteiger partial charge on any atom is 0.157 e. The fourth-order valence-corrected chi connectivity index (χ4v) is 4.53. The summed E-state index contributed by atoms with van der Waals surface area (Å²) in [5, 5.41) is 1.26. The van der Waals surface area contributed by atoms with E-state index < -0.39 is 9.84 Å². The van der Waals surface area contributed by atoms with E-state index in [0.29, 0.717) is 0 Å². The molecule has 1 aromatic carbocycles. The summed E-state index contributed by atoms with van der Waals surface area (Å²) >= 11 is 0. The number of sulfone groups is 1. The number of rotatable bonds is 2. The second-order valence-corrected chi connectivity index (χ2v) is 8.56. The number of benzene rings is 1. The zero-order chi connectivity index (χ0) is 15.3. The van der Waals surface area contributed by atoms with E-state index in [0.717, 1.165) is 37.2 Å². The van der Waals surface area contributed by atoms with Gasteiger partial charge in [0.05, 0.1) is 11.5 Å². The lowest BCUT2D eigenvalue weighted by Crippen LogP contribution is -2.45. The molecule has 2 aromatic rings. The van der Waals surface area contributed by atoms with Crippen LogP contribution in [0.2, 0.25) is 0 Å². The first-order chi connectivity index (χ1) is 10.5. The Labute approximate surface area is 130 Å². The van der Waals surface area contributed by atoms with Crippen molar-refractivity contribution in [1.29, 1.82) is 0 Å². The Hall–Kier alpha value is -1.53. The van der Waals surface area contributed by atoms with Gasteiger partial charge in [-0.05, 0) is 31.2 Å². The Balaban J connectivity index is 1.60. The highest BCUT2D eigenvalue weighted by Gasteiger charge is 2.35. The lowest BCUT2D eigenvalue weighted by Gasteiger charge is -2.26. The summed E-state index contributed by atoms with van der Waals surface area (Å²) in [5.74, 6) is 1.03. The lowest BCUT2D eigenvalue weighted by atomic mass is 10.1. The van der Waals surface area contributed by atoms with Crippen molar-refractivity contribution in [2.24, 2.45) is 0 Å². The SMILES string of the molecule is CN1CCc2[nH]c3cc(OC4CS(=O)(=O)C4)ccc3c2CC1. The van der Waals surface area contributed by atoms with Crippen LogP contribution < -0.4 is 4.74 Å². The van der Waals surface area contributed by atoms with Crippen molar-refractivity contribution in [2.45, 2.75) is 18.9 Å². The van der Waals surface area contributed by atoms with Gasteiger partial charge < -0.3 is 14.6 Å². The summed E-state index contributed by atoms with van der Waals surface area (Å²) < 4.78 is 28.2. The number of H-pyrrole nitrogens is 1. The summed E-state index contributed by atoms with van der Waals surface area (Å²) in [5.41, 5.74) is 3.83. The van der Waals surface area contributed by atoms with Crippen molar-refractivity contribution in [3.05, 3.63) is 29.5 Å². The predicted molar refractivity (Wildman–Crippen MR) is 86.3 cm³/mol. The second-order valence-electron chi connectivity index (χ2n) is 6.41. The molecule has 1 aromatic heterocycles. The summed E-state index contributed by atoms with van der Waals surface area (Å²) in [6, 6.07) is 6.05. The van der Waals surface area contributed by atoms with Gasteiger partial charge in [-0.3, -0.25) is 0 Å². The normalized spacial score (nSPS) is 22.0. The second kappa shape index (κ2) is 4.99. The van der Waals surface area contributed by atoms with Crippen LogP contribution in [-0.2, 0) is 22.7 Å². The summed E-state index contributed by atoms with van der Waals surface area (Å²) in [7, 11) is -0.683. The van der Waals surface area contributed by atoms with Crippen molar-refractivity contribution in [1.82, 2.24) is 9.88 Å². The molecule has 0 spiro atoms. The van der Waals surface area contributed by atoms with Crippen molar-refractivity contribution in [2.75, 3.05) is 31.6 Å². The molecule has 2 aliphatic heterocycles. The van der Waals surface area contributed by atoms with E-state index in [1.165, 1.54) is 16.6 Å². The molecule has 4 rings (SSSR count). The van der Waals surface area contributed by atoms with E-state index in [9.17, 15) is 8.42 Å². The van der Waals surface area contributed by atoms with Crippen LogP contribution in [0.4, 0.5) is 0 Å². The van der Waals surface area contributed by atoms with Gasteiger partial charge >= 0.3 is 0 Å². The maximum absolute atomic E-state index is 11.2. The van der Waals surface area contributed by atoms with Crippen molar-refractivity contribution in [3.63, 3.8) is 0 Å². The van der Waals surface area contributed by atoms with Crippen LogP contribution in [0.15, 0.2) is 18.2 Å². The Bertz CT molecular complexity index is 813. The zero-order valence-corrected chi connectivity index (χ0v) is 13.4. The number of aromatic nitrogens is 1. The molecule has 0 amide bonds. The first kappa shape index (κ1) is 14.1. The third-order valence-corrected chi connectivity index (χ3v) is 6.39. The smallest absolute Gasteiger partial charge is 0.157 e. The minimum atomic E-state index is -2.84. The highest BCUT2D eigenvalue weighted by atomic mass is 32.2. The van der Waals surface area contributed by atoms with E-state index in [1.54, 1.807) is 0 Å². The zero-order valence-electron chi connectivity index (χ0n) is 12.6. The molecule has 6 heteroatoms. The number of hydrogen-bond acceptors (Lipinski definition) is 4. The van der Waals surface area contributed by atoms with Gasteiger partial charge in [-0.15, -0.1) is 0 Å². The molecule has 5 nitrogen and oxygen atoms in total. The Morgan fingerprint density at radius 2 is 2.00 bits per heavy atom. The van der Waals surface area contributed by atoms with Crippen LogP contribution in [0.25, 0.3) is 10.9 Å². The largest absolute Gasteiger partial charge is 0.488 e. The fraction of sp³-hybridized carbons (Fsp3) is 0.500. The average molecular weight is 320 g/mol. The maximum atomic E-state index is 11.2. The van der Waals surface area contributed by atoms with Gasteiger partial charge in [-0.1, -0.05) is 0 Å². The van der Waals surface area contributed by atoms with Gasteiger partial charge in [0.1, 0.15) is 11.9 Å². The molecule has 0 unspecified atom stereocenters. The van der Waals surface area contributed by atoms with E-state index >= 15 is 0 Å². The van der Waals surface area contributed by atoms with Gasteiger partial charge in [0.25, 0.3) is 0 Å². The van der Waals surface area contributed by atoms with Crippen LogP contribution in [0, 0.1) is 0 Å². The highest BCUT2D eigenvalue weighted by molar-refractivity contribution is 7.92. The van der Waals surface area contributed by atoms with Crippen LogP contribution >= 0.6 is 0 Å². The Morgan fingerprint density at radius 3 is 2.77 bits per heavy atom. The molecule has 0 bridgehead atoms.